The number of fused-ring (bicyclic) bond motifs is 1. The molecule has 0 atom stereocenters. The van der Waals surface area contributed by atoms with Gasteiger partial charge in [-0.3, -0.25) is 0 Å². The highest BCUT2D eigenvalue weighted by molar-refractivity contribution is 9.10. The van der Waals surface area contributed by atoms with E-state index in [1.54, 1.807) is 0 Å². The van der Waals surface area contributed by atoms with Crippen LogP contribution in [-0.2, 0) is 5.41 Å². The Bertz CT molecular complexity index is 388. The number of benzene rings is 1. The Balaban J connectivity index is 2.63. The van der Waals surface area contributed by atoms with Gasteiger partial charge in [0.05, 0.1) is 0 Å². The van der Waals surface area contributed by atoms with Gasteiger partial charge in [-0.2, -0.15) is 0 Å². The van der Waals surface area contributed by atoms with E-state index in [2.05, 4.69) is 54.6 Å². The quantitative estimate of drug-likeness (QED) is 0.635. The molecule has 0 fully saturated rings. The lowest BCUT2D eigenvalue weighted by atomic mass is 9.71. The molecule has 1 heteroatoms. The van der Waals surface area contributed by atoms with Crippen LogP contribution < -0.4 is 0 Å². The maximum absolute atomic E-state index is 4.14. The summed E-state index contributed by atoms with van der Waals surface area (Å²) in [7, 11) is 0. The predicted octanol–water partition coefficient (Wildman–Crippen LogP) is 4.53. The third kappa shape index (κ3) is 1.54. The molecule has 1 aliphatic rings. The van der Waals surface area contributed by atoms with Crippen LogP contribution in [0.3, 0.4) is 0 Å². The van der Waals surface area contributed by atoms with Crippen molar-refractivity contribution in [2.75, 3.05) is 0 Å². The lowest BCUT2D eigenvalue weighted by molar-refractivity contribution is 0.474. The monoisotopic (exact) mass is 250 g/mol. The Morgan fingerprint density at radius 1 is 1.36 bits per heavy atom. The first-order valence-electron chi connectivity index (χ1n) is 4.99. The molecule has 0 N–H and O–H groups in total. The lowest BCUT2D eigenvalue weighted by Crippen LogP contribution is -2.22. The topological polar surface area (TPSA) is 0 Å². The Kier molecular flexibility index (Phi) is 2.30. The number of allylic oxidation sites excluding steroid dienone is 1. The van der Waals surface area contributed by atoms with Gasteiger partial charge < -0.3 is 0 Å². The minimum Gasteiger partial charge on any atom is -0.0952 e. The van der Waals surface area contributed by atoms with Gasteiger partial charge in [-0.05, 0) is 47.1 Å². The Hall–Kier alpha value is -0.560. The van der Waals surface area contributed by atoms with Crippen LogP contribution >= 0.6 is 15.9 Å². The van der Waals surface area contributed by atoms with Gasteiger partial charge in [0.15, 0.2) is 0 Å². The molecule has 0 aromatic heterocycles. The van der Waals surface area contributed by atoms with Gasteiger partial charge >= 0.3 is 0 Å². The van der Waals surface area contributed by atoms with Crippen molar-refractivity contribution >= 4 is 21.5 Å². The summed E-state index contributed by atoms with van der Waals surface area (Å²) >= 11 is 3.51. The van der Waals surface area contributed by atoms with E-state index in [1.807, 2.05) is 0 Å². The smallest absolute Gasteiger partial charge is 0.0181 e. The minimum absolute atomic E-state index is 0.303. The molecule has 74 valence electrons. The van der Waals surface area contributed by atoms with Crippen LogP contribution in [0.15, 0.2) is 29.3 Å². The van der Waals surface area contributed by atoms with E-state index < -0.39 is 0 Å². The summed E-state index contributed by atoms with van der Waals surface area (Å²) in [6.45, 7) is 8.76. The molecule has 1 aromatic carbocycles. The van der Waals surface area contributed by atoms with Gasteiger partial charge in [-0.25, -0.2) is 0 Å². The summed E-state index contributed by atoms with van der Waals surface area (Å²) in [5.74, 6) is 0. The van der Waals surface area contributed by atoms with Crippen molar-refractivity contribution in [3.05, 3.63) is 40.4 Å². The molecule has 2 rings (SSSR count). The summed E-state index contributed by atoms with van der Waals surface area (Å²) in [6, 6.07) is 6.54. The highest BCUT2D eigenvalue weighted by atomic mass is 79.9. The molecule has 0 bridgehead atoms. The van der Waals surface area contributed by atoms with Crippen LogP contribution in [0.25, 0.3) is 5.57 Å². The van der Waals surface area contributed by atoms with E-state index in [-0.39, 0.29) is 0 Å². The Morgan fingerprint density at radius 2 is 2.07 bits per heavy atom. The zero-order valence-electron chi connectivity index (χ0n) is 8.73. The molecule has 0 spiro atoms. The molecular weight excluding hydrogens is 236 g/mol. The van der Waals surface area contributed by atoms with Crippen LogP contribution in [0.2, 0.25) is 0 Å². The fraction of sp³-hybridized carbons (Fsp3) is 0.385. The minimum atomic E-state index is 0.303. The van der Waals surface area contributed by atoms with Crippen LogP contribution in [0, 0.1) is 0 Å². The van der Waals surface area contributed by atoms with Crippen molar-refractivity contribution < 1.29 is 0 Å². The summed E-state index contributed by atoms with van der Waals surface area (Å²) in [5, 5.41) is 0. The summed E-state index contributed by atoms with van der Waals surface area (Å²) < 4.78 is 1.15. The molecule has 1 aliphatic carbocycles. The zero-order valence-corrected chi connectivity index (χ0v) is 10.3. The van der Waals surface area contributed by atoms with Crippen molar-refractivity contribution in [1.29, 1.82) is 0 Å². The standard InChI is InChI=1S/C13H15Br/c1-9-6-7-13(2,3)12-5-4-10(14)8-11(9)12/h4-5,8H,1,6-7H2,2-3H3. The first kappa shape index (κ1) is 9.97. The second-order valence-electron chi connectivity index (χ2n) is 4.68. The second kappa shape index (κ2) is 3.23. The van der Waals surface area contributed by atoms with Gasteiger partial charge in [0.2, 0.25) is 0 Å². The Labute approximate surface area is 94.2 Å². The van der Waals surface area contributed by atoms with Crippen LogP contribution in [0.4, 0.5) is 0 Å². The number of rotatable bonds is 0. The van der Waals surface area contributed by atoms with Crippen molar-refractivity contribution in [3.8, 4) is 0 Å². The van der Waals surface area contributed by atoms with E-state index in [0.717, 1.165) is 10.9 Å². The maximum Gasteiger partial charge on any atom is 0.0181 e. The summed E-state index contributed by atoms with van der Waals surface area (Å²) in [5.41, 5.74) is 4.37. The van der Waals surface area contributed by atoms with Gasteiger partial charge in [0.1, 0.15) is 0 Å². The Morgan fingerprint density at radius 3 is 2.79 bits per heavy atom. The van der Waals surface area contributed by atoms with Crippen LogP contribution in [-0.4, -0.2) is 0 Å². The first-order chi connectivity index (χ1) is 6.50. The molecule has 1 aromatic rings. The average Bonchev–Trinajstić information content (AvgIpc) is 2.12. The first-order valence-corrected chi connectivity index (χ1v) is 5.78. The maximum atomic E-state index is 4.14. The lowest BCUT2D eigenvalue weighted by Gasteiger charge is -2.33. The molecule has 14 heavy (non-hydrogen) atoms. The summed E-state index contributed by atoms with van der Waals surface area (Å²) in [6.07, 6.45) is 2.33. The van der Waals surface area contributed by atoms with E-state index >= 15 is 0 Å². The molecule has 0 saturated carbocycles. The predicted molar refractivity (Wildman–Crippen MR) is 65.4 cm³/mol. The molecule has 0 aliphatic heterocycles. The van der Waals surface area contributed by atoms with Gasteiger partial charge in [-0.1, -0.05) is 42.4 Å². The van der Waals surface area contributed by atoms with E-state index in [1.165, 1.54) is 23.1 Å². The van der Waals surface area contributed by atoms with E-state index in [9.17, 15) is 0 Å². The van der Waals surface area contributed by atoms with E-state index in [0.29, 0.717) is 5.41 Å². The number of hydrogen-bond acceptors (Lipinski definition) is 0. The van der Waals surface area contributed by atoms with Gasteiger partial charge in [0, 0.05) is 4.47 Å². The molecule has 0 nitrogen and oxygen atoms in total. The largest absolute Gasteiger partial charge is 0.0952 e. The van der Waals surface area contributed by atoms with E-state index in [4.69, 9.17) is 0 Å². The second-order valence-corrected chi connectivity index (χ2v) is 5.59. The molecule has 0 heterocycles. The molecule has 0 amide bonds. The van der Waals surface area contributed by atoms with Crippen molar-refractivity contribution in [3.63, 3.8) is 0 Å². The summed E-state index contributed by atoms with van der Waals surface area (Å²) in [4.78, 5) is 0. The fourth-order valence-electron chi connectivity index (χ4n) is 2.13. The van der Waals surface area contributed by atoms with Crippen LogP contribution in [0.5, 0.6) is 0 Å². The van der Waals surface area contributed by atoms with Crippen LogP contribution in [0.1, 0.15) is 37.8 Å². The van der Waals surface area contributed by atoms with Crippen molar-refractivity contribution in [1.82, 2.24) is 0 Å². The number of halogens is 1. The van der Waals surface area contributed by atoms with Gasteiger partial charge in [0.25, 0.3) is 0 Å². The molecule has 0 unspecified atom stereocenters. The highest BCUT2D eigenvalue weighted by Crippen LogP contribution is 2.42. The normalized spacial score (nSPS) is 19.2. The highest BCUT2D eigenvalue weighted by Gasteiger charge is 2.28. The van der Waals surface area contributed by atoms with Gasteiger partial charge in [-0.15, -0.1) is 0 Å². The third-order valence-electron chi connectivity index (χ3n) is 3.14. The fourth-order valence-corrected chi connectivity index (χ4v) is 2.49. The average molecular weight is 251 g/mol. The molecule has 0 saturated heterocycles. The number of hydrogen-bond donors (Lipinski definition) is 0. The molecule has 0 radical (unpaired) electrons. The van der Waals surface area contributed by atoms with Crippen molar-refractivity contribution in [2.24, 2.45) is 0 Å². The molecular formula is C13H15Br. The SMILES string of the molecule is C=C1CCC(C)(C)c2ccc(Br)cc21. The van der Waals surface area contributed by atoms with Crippen molar-refractivity contribution in [2.45, 2.75) is 32.1 Å². The zero-order chi connectivity index (χ0) is 10.3. The third-order valence-corrected chi connectivity index (χ3v) is 3.64.